The molecule has 0 saturated heterocycles. The quantitative estimate of drug-likeness (QED) is 0.573. The van der Waals surface area contributed by atoms with E-state index in [-0.39, 0.29) is 0 Å². The standard InChI is InChI=1S/C12H21N/c1-2-3-4-5-6-7-10-13-11-8-9-12-13/h8-9,11-12H,2-7,10H2,1H3/p+1. The Morgan fingerprint density at radius 1 is 0.846 bits per heavy atom. The molecule has 0 aromatic carbocycles. The van der Waals surface area contributed by atoms with Gasteiger partial charge in [0.2, 0.25) is 0 Å². The molecule has 1 heterocycles. The third kappa shape index (κ3) is 4.89. The fourth-order valence-corrected chi connectivity index (χ4v) is 1.69. The van der Waals surface area contributed by atoms with Crippen LogP contribution in [0.3, 0.4) is 0 Å². The molecule has 1 aliphatic heterocycles. The summed E-state index contributed by atoms with van der Waals surface area (Å²) in [5.41, 5.74) is 0. The molecule has 74 valence electrons. The Kier molecular flexibility index (Phi) is 5.59. The Balaban J connectivity index is 1.84. The average Bonchev–Trinajstić information content (AvgIpc) is 2.63. The number of quaternary nitrogens is 1. The van der Waals surface area contributed by atoms with Crippen molar-refractivity contribution in [2.24, 2.45) is 0 Å². The maximum atomic E-state index is 2.27. The van der Waals surface area contributed by atoms with E-state index in [1.807, 2.05) is 0 Å². The highest BCUT2D eigenvalue weighted by Crippen LogP contribution is 2.03. The van der Waals surface area contributed by atoms with E-state index in [4.69, 9.17) is 0 Å². The second kappa shape index (κ2) is 6.90. The van der Waals surface area contributed by atoms with Crippen LogP contribution in [0.5, 0.6) is 0 Å². The SMILES string of the molecule is CCCCCCCC[NH+]1C=CC=C1. The molecule has 1 N–H and O–H groups in total. The van der Waals surface area contributed by atoms with E-state index in [0.717, 1.165) is 0 Å². The van der Waals surface area contributed by atoms with E-state index in [1.165, 1.54) is 50.0 Å². The predicted molar refractivity (Wildman–Crippen MR) is 57.5 cm³/mol. The number of nitrogens with one attached hydrogen (secondary N) is 1. The lowest BCUT2D eigenvalue weighted by molar-refractivity contribution is -0.787. The first-order chi connectivity index (χ1) is 6.43. The molecule has 0 amide bonds. The molecule has 0 saturated carbocycles. The van der Waals surface area contributed by atoms with Crippen LogP contribution >= 0.6 is 0 Å². The maximum Gasteiger partial charge on any atom is 0.0990 e. The Bertz CT molecular complexity index is 158. The molecule has 0 fully saturated rings. The van der Waals surface area contributed by atoms with Crippen molar-refractivity contribution in [2.45, 2.75) is 45.4 Å². The van der Waals surface area contributed by atoms with Crippen molar-refractivity contribution in [3.8, 4) is 0 Å². The Morgan fingerprint density at radius 2 is 1.46 bits per heavy atom. The zero-order valence-corrected chi connectivity index (χ0v) is 8.76. The fraction of sp³-hybridized carbons (Fsp3) is 0.667. The van der Waals surface area contributed by atoms with Crippen LogP contribution in [-0.2, 0) is 0 Å². The van der Waals surface area contributed by atoms with Crippen LogP contribution in [0.4, 0.5) is 0 Å². The summed E-state index contributed by atoms with van der Waals surface area (Å²) in [6.45, 7) is 3.54. The molecule has 1 rings (SSSR count). The molecule has 0 aromatic heterocycles. The summed E-state index contributed by atoms with van der Waals surface area (Å²) in [4.78, 5) is 1.51. The van der Waals surface area contributed by atoms with Gasteiger partial charge in [-0.05, 0) is 25.0 Å². The van der Waals surface area contributed by atoms with Gasteiger partial charge in [-0.25, -0.2) is 0 Å². The predicted octanol–water partition coefficient (Wildman–Crippen LogP) is 2.27. The largest absolute Gasteiger partial charge is 0.282 e. The number of unbranched alkanes of at least 4 members (excludes halogenated alkanes) is 5. The van der Waals surface area contributed by atoms with Crippen LogP contribution in [0.25, 0.3) is 0 Å². The number of hydrogen-bond donors (Lipinski definition) is 1. The van der Waals surface area contributed by atoms with Gasteiger partial charge in [0.25, 0.3) is 0 Å². The summed E-state index contributed by atoms with van der Waals surface area (Å²) in [7, 11) is 0. The zero-order chi connectivity index (χ0) is 9.36. The van der Waals surface area contributed by atoms with Gasteiger partial charge < -0.3 is 0 Å². The van der Waals surface area contributed by atoms with Gasteiger partial charge in [-0.2, -0.15) is 0 Å². The molecular formula is C12H22N+. The Labute approximate surface area is 82.1 Å². The molecule has 1 heteroatoms. The molecule has 0 unspecified atom stereocenters. The number of allylic oxidation sites excluding steroid dienone is 2. The van der Waals surface area contributed by atoms with Crippen molar-refractivity contribution in [1.82, 2.24) is 0 Å². The van der Waals surface area contributed by atoms with E-state index in [2.05, 4.69) is 31.5 Å². The first-order valence-corrected chi connectivity index (χ1v) is 5.64. The van der Waals surface area contributed by atoms with Crippen molar-refractivity contribution < 1.29 is 4.90 Å². The normalized spacial score (nSPS) is 15.8. The first-order valence-electron chi connectivity index (χ1n) is 5.64. The van der Waals surface area contributed by atoms with Gasteiger partial charge in [-0.1, -0.05) is 32.6 Å². The summed E-state index contributed by atoms with van der Waals surface area (Å²) in [6, 6.07) is 0. The van der Waals surface area contributed by atoms with E-state index < -0.39 is 0 Å². The van der Waals surface area contributed by atoms with E-state index >= 15 is 0 Å². The lowest BCUT2D eigenvalue weighted by Crippen LogP contribution is -3.01. The van der Waals surface area contributed by atoms with Crippen LogP contribution in [-0.4, -0.2) is 6.54 Å². The summed E-state index contributed by atoms with van der Waals surface area (Å²) < 4.78 is 0. The van der Waals surface area contributed by atoms with E-state index in [0.29, 0.717) is 0 Å². The van der Waals surface area contributed by atoms with Crippen molar-refractivity contribution in [2.75, 3.05) is 6.54 Å². The third-order valence-electron chi connectivity index (χ3n) is 2.55. The molecule has 0 radical (unpaired) electrons. The molecule has 13 heavy (non-hydrogen) atoms. The van der Waals surface area contributed by atoms with Crippen molar-refractivity contribution in [3.63, 3.8) is 0 Å². The molecule has 0 atom stereocenters. The summed E-state index contributed by atoms with van der Waals surface area (Å²) in [5.74, 6) is 0. The van der Waals surface area contributed by atoms with Gasteiger partial charge in [-0.15, -0.1) is 0 Å². The van der Waals surface area contributed by atoms with Crippen LogP contribution in [0, 0.1) is 0 Å². The summed E-state index contributed by atoms with van der Waals surface area (Å²) >= 11 is 0. The molecule has 1 nitrogen and oxygen atoms in total. The van der Waals surface area contributed by atoms with Crippen molar-refractivity contribution >= 4 is 0 Å². The third-order valence-corrected chi connectivity index (χ3v) is 2.55. The van der Waals surface area contributed by atoms with Gasteiger partial charge in [-0.3, -0.25) is 4.90 Å². The molecule has 0 bridgehead atoms. The minimum atomic E-state index is 1.28. The minimum Gasteiger partial charge on any atom is -0.282 e. The second-order valence-corrected chi connectivity index (χ2v) is 3.81. The number of rotatable bonds is 7. The monoisotopic (exact) mass is 180 g/mol. The first kappa shape index (κ1) is 10.5. The topological polar surface area (TPSA) is 4.44 Å². The maximum absolute atomic E-state index is 2.27. The van der Waals surface area contributed by atoms with Crippen LogP contribution < -0.4 is 4.90 Å². The smallest absolute Gasteiger partial charge is 0.0990 e. The van der Waals surface area contributed by atoms with Gasteiger partial charge >= 0.3 is 0 Å². The summed E-state index contributed by atoms with van der Waals surface area (Å²) in [5, 5.41) is 0. The molecule has 0 aromatic rings. The highest BCUT2D eigenvalue weighted by Gasteiger charge is 2.02. The second-order valence-electron chi connectivity index (χ2n) is 3.81. The van der Waals surface area contributed by atoms with Crippen LogP contribution in [0.1, 0.15) is 45.4 Å². The van der Waals surface area contributed by atoms with Gasteiger partial charge in [0.05, 0.1) is 18.9 Å². The van der Waals surface area contributed by atoms with Gasteiger partial charge in [0.1, 0.15) is 0 Å². The van der Waals surface area contributed by atoms with Crippen LogP contribution in [0.15, 0.2) is 24.6 Å². The Hall–Kier alpha value is -0.560. The van der Waals surface area contributed by atoms with Crippen LogP contribution in [0.2, 0.25) is 0 Å². The molecule has 1 aliphatic rings. The van der Waals surface area contributed by atoms with Gasteiger partial charge in [0, 0.05) is 0 Å². The van der Waals surface area contributed by atoms with E-state index in [9.17, 15) is 0 Å². The van der Waals surface area contributed by atoms with E-state index in [1.54, 1.807) is 0 Å². The lowest BCUT2D eigenvalue weighted by atomic mass is 10.1. The van der Waals surface area contributed by atoms with Crippen molar-refractivity contribution in [3.05, 3.63) is 24.6 Å². The highest BCUT2D eigenvalue weighted by molar-refractivity contribution is 5.00. The molecule has 0 spiro atoms. The van der Waals surface area contributed by atoms with Gasteiger partial charge in [0.15, 0.2) is 0 Å². The number of hydrogen-bond acceptors (Lipinski definition) is 0. The lowest BCUT2D eigenvalue weighted by Gasteiger charge is -2.05. The average molecular weight is 180 g/mol. The minimum absolute atomic E-state index is 1.28. The van der Waals surface area contributed by atoms with Crippen molar-refractivity contribution in [1.29, 1.82) is 0 Å². The molecular weight excluding hydrogens is 158 g/mol. The zero-order valence-electron chi connectivity index (χ0n) is 8.76. The highest BCUT2D eigenvalue weighted by atomic mass is 15.1. The Morgan fingerprint density at radius 3 is 2.15 bits per heavy atom. The fourth-order valence-electron chi connectivity index (χ4n) is 1.69. The summed E-state index contributed by atoms with van der Waals surface area (Å²) in [6.07, 6.45) is 17.1. The molecule has 0 aliphatic carbocycles.